The van der Waals surface area contributed by atoms with Crippen LogP contribution in [0.25, 0.3) is 0 Å². The third-order valence-corrected chi connectivity index (χ3v) is 3.31. The Morgan fingerprint density at radius 1 is 1.11 bits per heavy atom. The fraction of sp³-hybridized carbons (Fsp3) is 0. The minimum Gasteiger partial charge on any atom is -0.334 e. The molecule has 2 rings (SSSR count). The molecule has 0 radical (unpaired) electrons. The molecular weight excluding hydrogens is 271 g/mol. The lowest BCUT2D eigenvalue weighted by Gasteiger charge is -2.07. The van der Waals surface area contributed by atoms with Gasteiger partial charge in [-0.3, -0.25) is 4.72 Å². The van der Waals surface area contributed by atoms with Crippen LogP contribution in [0.15, 0.2) is 29.7 Å². The molecule has 0 amide bonds. The van der Waals surface area contributed by atoms with E-state index in [-0.39, 0.29) is 11.1 Å². The molecule has 0 spiro atoms. The zero-order chi connectivity index (χ0) is 13.3. The highest BCUT2D eigenvalue weighted by atomic mass is 32.2. The van der Waals surface area contributed by atoms with E-state index in [0.29, 0.717) is 6.07 Å². The first kappa shape index (κ1) is 12.4. The number of hydrogen-bond acceptors (Lipinski definition) is 3. The zero-order valence-corrected chi connectivity index (χ0v) is 9.43. The maximum Gasteiger partial charge on any atom is 0.279 e. The highest BCUT2D eigenvalue weighted by molar-refractivity contribution is 7.92. The van der Waals surface area contributed by atoms with Crippen molar-refractivity contribution in [3.05, 3.63) is 42.1 Å². The van der Waals surface area contributed by atoms with Crippen LogP contribution >= 0.6 is 0 Å². The van der Waals surface area contributed by atoms with E-state index < -0.39 is 33.2 Å². The number of benzene rings is 1. The van der Waals surface area contributed by atoms with Crippen LogP contribution in [0.5, 0.6) is 0 Å². The van der Waals surface area contributed by atoms with Crippen molar-refractivity contribution >= 4 is 15.7 Å². The van der Waals surface area contributed by atoms with Crippen molar-refractivity contribution < 1.29 is 21.6 Å². The van der Waals surface area contributed by atoms with E-state index in [9.17, 15) is 21.6 Å². The van der Waals surface area contributed by atoms with Crippen LogP contribution < -0.4 is 4.72 Å². The second-order valence-corrected chi connectivity index (χ2v) is 4.92. The van der Waals surface area contributed by atoms with Crippen LogP contribution in [0.4, 0.5) is 18.9 Å². The summed E-state index contributed by atoms with van der Waals surface area (Å²) in [6, 6.07) is 0.665. The van der Waals surface area contributed by atoms with Crippen LogP contribution in [0.3, 0.4) is 0 Å². The van der Waals surface area contributed by atoms with E-state index >= 15 is 0 Å². The SMILES string of the molecule is O=S(=O)(Nc1cc(F)c(F)cc1F)c1cnc[nH]1. The number of nitrogens with one attached hydrogen (secondary N) is 2. The first-order valence-electron chi connectivity index (χ1n) is 4.56. The Kier molecular flexibility index (Phi) is 2.99. The number of imidazole rings is 1. The molecule has 1 aromatic carbocycles. The van der Waals surface area contributed by atoms with Crippen LogP contribution in [0.1, 0.15) is 0 Å². The summed E-state index contributed by atoms with van der Waals surface area (Å²) in [5, 5.41) is -0.327. The van der Waals surface area contributed by atoms with Gasteiger partial charge in [-0.15, -0.1) is 0 Å². The first-order chi connectivity index (χ1) is 8.40. The summed E-state index contributed by atoms with van der Waals surface area (Å²) >= 11 is 0. The lowest BCUT2D eigenvalue weighted by molar-refractivity contribution is 0.496. The Hall–Kier alpha value is -2.03. The molecule has 0 saturated heterocycles. The minimum atomic E-state index is -4.12. The van der Waals surface area contributed by atoms with Crippen molar-refractivity contribution in [3.63, 3.8) is 0 Å². The molecule has 1 aromatic heterocycles. The van der Waals surface area contributed by atoms with Gasteiger partial charge in [0.05, 0.1) is 18.2 Å². The second kappa shape index (κ2) is 4.33. The molecule has 0 aliphatic rings. The average molecular weight is 277 g/mol. The van der Waals surface area contributed by atoms with Gasteiger partial charge in [-0.2, -0.15) is 8.42 Å². The number of rotatable bonds is 3. The molecule has 0 aliphatic heterocycles. The van der Waals surface area contributed by atoms with Crippen LogP contribution in [0.2, 0.25) is 0 Å². The molecule has 0 fully saturated rings. The average Bonchev–Trinajstić information content (AvgIpc) is 2.79. The summed E-state index contributed by atoms with van der Waals surface area (Å²) in [6.45, 7) is 0. The maximum absolute atomic E-state index is 13.2. The van der Waals surface area contributed by atoms with Gasteiger partial charge >= 0.3 is 0 Å². The fourth-order valence-corrected chi connectivity index (χ4v) is 2.15. The van der Waals surface area contributed by atoms with Gasteiger partial charge in [0.1, 0.15) is 5.82 Å². The molecular formula is C9H6F3N3O2S. The second-order valence-electron chi connectivity index (χ2n) is 3.27. The zero-order valence-electron chi connectivity index (χ0n) is 8.62. The number of sulfonamides is 1. The summed E-state index contributed by atoms with van der Waals surface area (Å²) in [6.07, 6.45) is 2.09. The summed E-state index contributed by atoms with van der Waals surface area (Å²) in [7, 11) is -4.12. The molecule has 1 heterocycles. The van der Waals surface area contributed by atoms with E-state index in [2.05, 4.69) is 9.97 Å². The Balaban J connectivity index is 2.39. The van der Waals surface area contributed by atoms with E-state index in [1.54, 1.807) is 4.72 Å². The van der Waals surface area contributed by atoms with E-state index in [4.69, 9.17) is 0 Å². The highest BCUT2D eigenvalue weighted by Gasteiger charge is 2.19. The normalized spacial score (nSPS) is 11.5. The van der Waals surface area contributed by atoms with Crippen LogP contribution in [0, 0.1) is 17.5 Å². The lowest BCUT2D eigenvalue weighted by Crippen LogP contribution is -2.14. The molecule has 0 atom stereocenters. The molecule has 18 heavy (non-hydrogen) atoms. The molecule has 9 heteroatoms. The lowest BCUT2D eigenvalue weighted by atomic mass is 10.3. The third-order valence-electron chi connectivity index (χ3n) is 2.02. The van der Waals surface area contributed by atoms with E-state index in [1.165, 1.54) is 0 Å². The van der Waals surface area contributed by atoms with Crippen molar-refractivity contribution in [3.8, 4) is 0 Å². The van der Waals surface area contributed by atoms with Crippen molar-refractivity contribution in [1.29, 1.82) is 0 Å². The van der Waals surface area contributed by atoms with Gasteiger partial charge in [-0.1, -0.05) is 0 Å². The number of aromatic nitrogens is 2. The number of nitrogens with zero attached hydrogens (tertiary/aromatic N) is 1. The van der Waals surface area contributed by atoms with Gasteiger partial charge in [-0.05, 0) is 0 Å². The minimum absolute atomic E-state index is 0.250. The topological polar surface area (TPSA) is 74.8 Å². The number of H-pyrrole nitrogens is 1. The first-order valence-corrected chi connectivity index (χ1v) is 6.04. The summed E-state index contributed by atoms with van der Waals surface area (Å²) < 4.78 is 63.8. The molecule has 2 aromatic rings. The molecule has 0 saturated carbocycles. The molecule has 0 unspecified atom stereocenters. The van der Waals surface area contributed by atoms with Crippen LogP contribution in [-0.4, -0.2) is 18.4 Å². The Morgan fingerprint density at radius 3 is 2.39 bits per heavy atom. The van der Waals surface area contributed by atoms with Gasteiger partial charge in [0.2, 0.25) is 0 Å². The summed E-state index contributed by atoms with van der Waals surface area (Å²) in [5.41, 5.74) is -0.691. The van der Waals surface area contributed by atoms with Crippen molar-refractivity contribution in [2.24, 2.45) is 0 Å². The Bertz CT molecular complexity index is 671. The number of anilines is 1. The van der Waals surface area contributed by atoms with Gasteiger partial charge in [0.25, 0.3) is 10.0 Å². The van der Waals surface area contributed by atoms with Crippen molar-refractivity contribution in [2.75, 3.05) is 4.72 Å². The van der Waals surface area contributed by atoms with Crippen molar-refractivity contribution in [2.45, 2.75) is 5.03 Å². The van der Waals surface area contributed by atoms with E-state index in [0.717, 1.165) is 12.5 Å². The molecule has 96 valence electrons. The van der Waals surface area contributed by atoms with Gasteiger partial charge in [0, 0.05) is 12.1 Å². The quantitative estimate of drug-likeness (QED) is 0.837. The maximum atomic E-state index is 13.2. The van der Waals surface area contributed by atoms with Crippen molar-refractivity contribution in [1.82, 2.24) is 9.97 Å². The number of halogens is 3. The number of aromatic amines is 1. The third kappa shape index (κ3) is 2.30. The van der Waals surface area contributed by atoms with Gasteiger partial charge in [0.15, 0.2) is 16.7 Å². The smallest absolute Gasteiger partial charge is 0.279 e. The van der Waals surface area contributed by atoms with Crippen LogP contribution in [-0.2, 0) is 10.0 Å². The monoisotopic (exact) mass is 277 g/mol. The van der Waals surface area contributed by atoms with E-state index in [1.807, 2.05) is 0 Å². The molecule has 2 N–H and O–H groups in total. The molecule has 0 bridgehead atoms. The fourth-order valence-electron chi connectivity index (χ4n) is 1.19. The molecule has 5 nitrogen and oxygen atoms in total. The predicted octanol–water partition coefficient (Wildman–Crippen LogP) is 1.63. The molecule has 0 aliphatic carbocycles. The Morgan fingerprint density at radius 2 is 1.78 bits per heavy atom. The highest BCUT2D eigenvalue weighted by Crippen LogP contribution is 2.21. The largest absolute Gasteiger partial charge is 0.334 e. The van der Waals surface area contributed by atoms with Gasteiger partial charge in [-0.25, -0.2) is 18.2 Å². The standard InChI is InChI=1S/C9H6F3N3O2S/c10-5-1-7(12)8(2-6(5)11)15-18(16,17)9-3-13-4-14-9/h1-4,15H,(H,13,14). The Labute approximate surface area is 99.7 Å². The summed E-state index contributed by atoms with van der Waals surface area (Å²) in [4.78, 5) is 5.77. The summed E-state index contributed by atoms with van der Waals surface area (Å²) in [5.74, 6) is -3.99. The van der Waals surface area contributed by atoms with Gasteiger partial charge < -0.3 is 4.98 Å². The number of hydrogen-bond donors (Lipinski definition) is 2. The predicted molar refractivity (Wildman–Crippen MR) is 55.7 cm³/mol.